The highest BCUT2D eigenvalue weighted by atomic mass is 16.5. The molecular formula is C9H12O8. The van der Waals surface area contributed by atoms with Crippen molar-refractivity contribution < 1.29 is 39.2 Å². The molecule has 8 heteroatoms. The molecule has 0 aromatic carbocycles. The molecule has 0 spiro atoms. The molecule has 0 aromatic heterocycles. The second kappa shape index (κ2) is 4.60. The van der Waals surface area contributed by atoms with Crippen molar-refractivity contribution in [1.82, 2.24) is 0 Å². The maximum atomic E-state index is 11.3. The maximum absolute atomic E-state index is 11.3. The van der Waals surface area contributed by atoms with Gasteiger partial charge in [0, 0.05) is 0 Å². The fourth-order valence-electron chi connectivity index (χ4n) is 1.25. The lowest BCUT2D eigenvalue weighted by Crippen LogP contribution is -2.70. The SMILES string of the molecule is COC(=O)C(O)(C(C)=O)C(O)(C(C)=O)C(=O)O. The first-order chi connectivity index (χ1) is 7.56. The molecule has 0 saturated carbocycles. The molecule has 0 fully saturated rings. The van der Waals surface area contributed by atoms with Gasteiger partial charge in [-0.05, 0) is 13.8 Å². The van der Waals surface area contributed by atoms with E-state index in [1.807, 2.05) is 0 Å². The Kier molecular flexibility index (Phi) is 4.11. The van der Waals surface area contributed by atoms with Crippen molar-refractivity contribution in [2.75, 3.05) is 7.11 Å². The van der Waals surface area contributed by atoms with Crippen LogP contribution in [-0.4, -0.2) is 57.1 Å². The number of methoxy groups -OCH3 is 1. The van der Waals surface area contributed by atoms with E-state index in [1.54, 1.807) is 0 Å². The standard InChI is InChI=1S/C9H12O8/c1-4(10)8(15,6(12)13)9(16,5(2)11)7(14)17-3/h15-16H,1-3H3,(H,12,13). The first-order valence-corrected chi connectivity index (χ1v) is 4.35. The number of carboxylic acids is 1. The van der Waals surface area contributed by atoms with Gasteiger partial charge in [0.1, 0.15) is 0 Å². The summed E-state index contributed by atoms with van der Waals surface area (Å²) in [5.41, 5.74) is -7.08. The Bertz CT molecular complexity index is 370. The van der Waals surface area contributed by atoms with Gasteiger partial charge in [-0.2, -0.15) is 0 Å². The molecule has 3 N–H and O–H groups in total. The third-order valence-corrected chi connectivity index (χ3v) is 2.33. The van der Waals surface area contributed by atoms with Crippen LogP contribution in [0.4, 0.5) is 0 Å². The third kappa shape index (κ3) is 1.92. The van der Waals surface area contributed by atoms with Crippen LogP contribution in [0.3, 0.4) is 0 Å². The number of hydrogen-bond acceptors (Lipinski definition) is 7. The monoisotopic (exact) mass is 248 g/mol. The van der Waals surface area contributed by atoms with Crippen molar-refractivity contribution in [3.63, 3.8) is 0 Å². The fraction of sp³-hybridized carbons (Fsp3) is 0.556. The molecule has 0 radical (unpaired) electrons. The molecule has 0 aromatic rings. The number of ether oxygens (including phenoxy) is 1. The molecule has 0 aliphatic rings. The zero-order valence-electron chi connectivity index (χ0n) is 9.38. The molecule has 2 unspecified atom stereocenters. The lowest BCUT2D eigenvalue weighted by Gasteiger charge is -2.33. The second-order valence-corrected chi connectivity index (χ2v) is 3.33. The van der Waals surface area contributed by atoms with E-state index in [4.69, 9.17) is 5.11 Å². The number of esters is 1. The van der Waals surface area contributed by atoms with Crippen LogP contribution >= 0.6 is 0 Å². The number of rotatable bonds is 5. The Morgan fingerprint density at radius 3 is 1.47 bits per heavy atom. The van der Waals surface area contributed by atoms with Crippen LogP contribution in [-0.2, 0) is 23.9 Å². The van der Waals surface area contributed by atoms with Crippen LogP contribution < -0.4 is 0 Å². The van der Waals surface area contributed by atoms with E-state index >= 15 is 0 Å². The first-order valence-electron chi connectivity index (χ1n) is 4.35. The van der Waals surface area contributed by atoms with Gasteiger partial charge in [-0.15, -0.1) is 0 Å². The number of Topliss-reactive ketones (excluding diaryl/α,β-unsaturated/α-hetero) is 2. The second-order valence-electron chi connectivity index (χ2n) is 3.33. The topological polar surface area (TPSA) is 138 Å². The van der Waals surface area contributed by atoms with Crippen LogP contribution in [0.25, 0.3) is 0 Å². The molecule has 0 aliphatic carbocycles. The first kappa shape index (κ1) is 15.2. The summed E-state index contributed by atoms with van der Waals surface area (Å²) in [6.07, 6.45) is 0. The van der Waals surface area contributed by atoms with Gasteiger partial charge in [0.05, 0.1) is 7.11 Å². The Hall–Kier alpha value is -1.80. The molecule has 0 rings (SSSR count). The van der Waals surface area contributed by atoms with E-state index in [0.29, 0.717) is 13.8 Å². The van der Waals surface area contributed by atoms with Crippen molar-refractivity contribution in [1.29, 1.82) is 0 Å². The van der Waals surface area contributed by atoms with Gasteiger partial charge in [-0.1, -0.05) is 0 Å². The summed E-state index contributed by atoms with van der Waals surface area (Å²) in [4.78, 5) is 44.4. The number of ketones is 2. The van der Waals surface area contributed by atoms with Crippen molar-refractivity contribution in [2.45, 2.75) is 25.0 Å². The zero-order chi connectivity index (χ0) is 14.0. The largest absolute Gasteiger partial charge is 0.479 e. The molecule has 0 bridgehead atoms. The van der Waals surface area contributed by atoms with Crippen molar-refractivity contribution in [3.05, 3.63) is 0 Å². The molecule has 96 valence electrons. The van der Waals surface area contributed by atoms with Gasteiger partial charge >= 0.3 is 11.9 Å². The zero-order valence-corrected chi connectivity index (χ0v) is 9.38. The fourth-order valence-corrected chi connectivity index (χ4v) is 1.25. The summed E-state index contributed by atoms with van der Waals surface area (Å²) in [7, 11) is 0.763. The minimum absolute atomic E-state index is 0.616. The van der Waals surface area contributed by atoms with Gasteiger partial charge in [0.25, 0.3) is 11.2 Å². The minimum Gasteiger partial charge on any atom is -0.479 e. The van der Waals surface area contributed by atoms with E-state index in [2.05, 4.69) is 4.74 Å². The Morgan fingerprint density at radius 2 is 1.29 bits per heavy atom. The molecule has 0 saturated heterocycles. The quantitative estimate of drug-likeness (QED) is 0.371. The van der Waals surface area contributed by atoms with Crippen molar-refractivity contribution in [3.8, 4) is 0 Å². The average Bonchev–Trinajstić information content (AvgIpc) is 2.24. The summed E-state index contributed by atoms with van der Waals surface area (Å²) in [6.45, 7) is 1.26. The van der Waals surface area contributed by atoms with Crippen LogP contribution in [0.5, 0.6) is 0 Å². The highest BCUT2D eigenvalue weighted by Gasteiger charge is 2.67. The highest BCUT2D eigenvalue weighted by Crippen LogP contribution is 2.27. The van der Waals surface area contributed by atoms with Gasteiger partial charge in [-0.3, -0.25) is 9.59 Å². The van der Waals surface area contributed by atoms with E-state index < -0.39 is 34.7 Å². The summed E-state index contributed by atoms with van der Waals surface area (Å²) in [5.74, 6) is -6.87. The van der Waals surface area contributed by atoms with E-state index in [1.165, 1.54) is 0 Å². The average molecular weight is 248 g/mol. The van der Waals surface area contributed by atoms with Gasteiger partial charge in [0.2, 0.25) is 0 Å². The van der Waals surface area contributed by atoms with Crippen LogP contribution in [0.2, 0.25) is 0 Å². The number of aliphatic carboxylic acids is 1. The van der Waals surface area contributed by atoms with Crippen LogP contribution in [0, 0.1) is 0 Å². The summed E-state index contributed by atoms with van der Waals surface area (Å²) >= 11 is 0. The van der Waals surface area contributed by atoms with Gasteiger partial charge < -0.3 is 20.1 Å². The number of hydrogen-bond donors (Lipinski definition) is 3. The molecule has 0 aliphatic heterocycles. The van der Waals surface area contributed by atoms with Crippen LogP contribution in [0.15, 0.2) is 0 Å². The molecule has 17 heavy (non-hydrogen) atoms. The van der Waals surface area contributed by atoms with Crippen LogP contribution in [0.1, 0.15) is 13.8 Å². The number of carboxylic acid groups (broad SMARTS) is 1. The normalized spacial score (nSPS) is 17.5. The molecule has 2 atom stereocenters. The molecule has 0 amide bonds. The number of aliphatic hydroxyl groups is 2. The summed E-state index contributed by atoms with van der Waals surface area (Å²) in [5, 5.41) is 28.1. The van der Waals surface area contributed by atoms with E-state index in [9.17, 15) is 29.4 Å². The van der Waals surface area contributed by atoms with Crippen molar-refractivity contribution in [2.24, 2.45) is 0 Å². The lowest BCUT2D eigenvalue weighted by atomic mass is 9.77. The smallest absolute Gasteiger partial charge is 0.350 e. The highest BCUT2D eigenvalue weighted by molar-refractivity contribution is 6.21. The predicted octanol–water partition coefficient (Wildman–Crippen LogP) is -2.12. The number of carbonyl (C=O) groups excluding carboxylic acids is 3. The summed E-state index contributed by atoms with van der Waals surface area (Å²) < 4.78 is 4.04. The lowest BCUT2D eigenvalue weighted by molar-refractivity contribution is -0.207. The Morgan fingerprint density at radius 1 is 0.941 bits per heavy atom. The van der Waals surface area contributed by atoms with Gasteiger partial charge in [-0.25, -0.2) is 9.59 Å². The Balaban J connectivity index is 6.09. The molecule has 8 nitrogen and oxygen atoms in total. The third-order valence-electron chi connectivity index (χ3n) is 2.33. The van der Waals surface area contributed by atoms with Gasteiger partial charge in [0.15, 0.2) is 11.6 Å². The molecule has 0 heterocycles. The van der Waals surface area contributed by atoms with E-state index in [0.717, 1.165) is 7.11 Å². The molecular weight excluding hydrogens is 236 g/mol. The predicted molar refractivity (Wildman–Crippen MR) is 50.9 cm³/mol. The Labute approximate surface area is 95.8 Å². The maximum Gasteiger partial charge on any atom is 0.350 e. The minimum atomic E-state index is -3.59. The summed E-state index contributed by atoms with van der Waals surface area (Å²) in [6, 6.07) is 0. The van der Waals surface area contributed by atoms with Crippen molar-refractivity contribution >= 4 is 23.5 Å². The van der Waals surface area contributed by atoms with E-state index in [-0.39, 0.29) is 0 Å². The number of carbonyl (C=O) groups is 4.